The largest absolute Gasteiger partial charge is 0.474 e. The number of fused-ring (bicyclic) bond motifs is 1. The van der Waals surface area contributed by atoms with Gasteiger partial charge in [0.1, 0.15) is 11.2 Å². The summed E-state index contributed by atoms with van der Waals surface area (Å²) in [5.41, 5.74) is 3.06. The summed E-state index contributed by atoms with van der Waals surface area (Å²) in [5.74, 6) is 0.0276. The molecule has 1 aliphatic heterocycles. The second-order valence-electron chi connectivity index (χ2n) is 8.65. The van der Waals surface area contributed by atoms with Crippen LogP contribution in [0.15, 0.2) is 30.3 Å². The molecule has 3 rings (SSSR count). The fraction of sp³-hybridized carbons (Fsp3) is 0.435. The Bertz CT molecular complexity index is 963. The number of aryl methyl sites for hydroxylation is 1. The van der Waals surface area contributed by atoms with Gasteiger partial charge in [-0.2, -0.15) is 0 Å². The molecule has 2 heterocycles. The molecular weight excluding hydrogens is 382 g/mol. The molecule has 1 aromatic carbocycles. The Balaban J connectivity index is 1.77. The number of benzene rings is 1. The summed E-state index contributed by atoms with van der Waals surface area (Å²) in [6.07, 6.45) is 0.246. The van der Waals surface area contributed by atoms with Crippen LogP contribution in [0.1, 0.15) is 56.2 Å². The van der Waals surface area contributed by atoms with Crippen molar-refractivity contribution in [3.63, 3.8) is 0 Å². The lowest BCUT2D eigenvalue weighted by atomic mass is 10.1. The Morgan fingerprint density at radius 3 is 2.57 bits per heavy atom. The van der Waals surface area contributed by atoms with Crippen LogP contribution in [-0.2, 0) is 11.2 Å². The molecule has 0 bridgehead atoms. The summed E-state index contributed by atoms with van der Waals surface area (Å²) >= 11 is 0. The highest BCUT2D eigenvalue weighted by Crippen LogP contribution is 2.32. The third-order valence-electron chi connectivity index (χ3n) is 4.44. The highest BCUT2D eigenvalue weighted by Gasteiger charge is 2.29. The van der Waals surface area contributed by atoms with Gasteiger partial charge in [0.25, 0.3) is 5.91 Å². The molecule has 0 saturated carbocycles. The zero-order chi connectivity index (χ0) is 22.1. The first-order valence-electron chi connectivity index (χ1n) is 10.1. The molecule has 2 amide bonds. The molecule has 160 valence electrons. The average Bonchev–Trinajstić information content (AvgIpc) is 3.03. The molecule has 0 radical (unpaired) electrons. The van der Waals surface area contributed by atoms with Crippen molar-refractivity contribution >= 4 is 23.4 Å². The van der Waals surface area contributed by atoms with E-state index in [1.807, 2.05) is 53.7 Å². The van der Waals surface area contributed by atoms with E-state index < -0.39 is 5.60 Å². The van der Waals surface area contributed by atoms with Crippen LogP contribution in [0.5, 0.6) is 5.88 Å². The zero-order valence-corrected chi connectivity index (χ0v) is 18.4. The molecule has 0 spiro atoms. The molecular formula is C23H29N3O4. The molecule has 0 atom stereocenters. The van der Waals surface area contributed by atoms with Gasteiger partial charge in [-0.15, -0.1) is 0 Å². The van der Waals surface area contributed by atoms with E-state index in [1.165, 1.54) is 0 Å². The SMILES string of the molecule is Cc1ccc(C(=O)Nc2ccc3c(c2)CCN3C(=O)OC(C)(C)C)c(OC(C)C)n1. The average molecular weight is 412 g/mol. The van der Waals surface area contributed by atoms with Crippen LogP contribution >= 0.6 is 0 Å². The number of nitrogens with one attached hydrogen (secondary N) is 1. The van der Waals surface area contributed by atoms with Crippen LogP contribution in [-0.4, -0.2) is 35.2 Å². The van der Waals surface area contributed by atoms with Gasteiger partial charge in [0.2, 0.25) is 5.88 Å². The predicted octanol–water partition coefficient (Wildman–Crippen LogP) is 4.73. The summed E-state index contributed by atoms with van der Waals surface area (Å²) in [6, 6.07) is 9.00. The maximum atomic E-state index is 12.8. The molecule has 0 saturated heterocycles. The molecule has 2 aromatic rings. The lowest BCUT2D eigenvalue weighted by Crippen LogP contribution is -2.35. The Labute approximate surface area is 177 Å². The monoisotopic (exact) mass is 411 g/mol. The Hall–Kier alpha value is -3.09. The van der Waals surface area contributed by atoms with Crippen LogP contribution in [0, 0.1) is 6.92 Å². The predicted molar refractivity (Wildman–Crippen MR) is 116 cm³/mol. The minimum atomic E-state index is -0.550. The van der Waals surface area contributed by atoms with Crippen molar-refractivity contribution in [1.29, 1.82) is 0 Å². The van der Waals surface area contributed by atoms with E-state index in [-0.39, 0.29) is 18.1 Å². The number of rotatable bonds is 4. The van der Waals surface area contributed by atoms with E-state index in [0.29, 0.717) is 30.1 Å². The fourth-order valence-corrected chi connectivity index (χ4v) is 3.20. The Kier molecular flexibility index (Phi) is 6.01. The van der Waals surface area contributed by atoms with Crippen LogP contribution in [0.4, 0.5) is 16.2 Å². The van der Waals surface area contributed by atoms with Crippen LogP contribution in [0.25, 0.3) is 0 Å². The fourth-order valence-electron chi connectivity index (χ4n) is 3.20. The van der Waals surface area contributed by atoms with Crippen molar-refractivity contribution in [3.05, 3.63) is 47.2 Å². The number of hydrogen-bond acceptors (Lipinski definition) is 5. The van der Waals surface area contributed by atoms with Crippen molar-refractivity contribution in [2.75, 3.05) is 16.8 Å². The smallest absolute Gasteiger partial charge is 0.414 e. The van der Waals surface area contributed by atoms with Crippen LogP contribution < -0.4 is 15.0 Å². The van der Waals surface area contributed by atoms with Crippen molar-refractivity contribution in [2.24, 2.45) is 0 Å². The minimum absolute atomic E-state index is 0.0929. The third-order valence-corrected chi connectivity index (χ3v) is 4.44. The van der Waals surface area contributed by atoms with Gasteiger partial charge in [-0.1, -0.05) is 0 Å². The number of pyridine rings is 1. The van der Waals surface area contributed by atoms with Gasteiger partial charge in [-0.25, -0.2) is 9.78 Å². The molecule has 1 aromatic heterocycles. The summed E-state index contributed by atoms with van der Waals surface area (Å²) in [4.78, 5) is 31.3. The van der Waals surface area contributed by atoms with Gasteiger partial charge in [-0.3, -0.25) is 9.69 Å². The maximum absolute atomic E-state index is 12.8. The highest BCUT2D eigenvalue weighted by molar-refractivity contribution is 6.06. The van der Waals surface area contributed by atoms with E-state index in [1.54, 1.807) is 23.1 Å². The van der Waals surface area contributed by atoms with Gasteiger partial charge >= 0.3 is 6.09 Å². The van der Waals surface area contributed by atoms with Crippen molar-refractivity contribution in [3.8, 4) is 5.88 Å². The topological polar surface area (TPSA) is 80.8 Å². The summed E-state index contributed by atoms with van der Waals surface area (Å²) in [5, 5.41) is 2.91. The second kappa shape index (κ2) is 8.34. The number of carbonyl (C=O) groups is 2. The molecule has 30 heavy (non-hydrogen) atoms. The molecule has 7 heteroatoms. The number of aromatic nitrogens is 1. The molecule has 1 N–H and O–H groups in total. The van der Waals surface area contributed by atoms with E-state index >= 15 is 0 Å². The van der Waals surface area contributed by atoms with Gasteiger partial charge in [0.15, 0.2) is 0 Å². The summed E-state index contributed by atoms with van der Waals surface area (Å²) in [6.45, 7) is 11.7. The normalized spacial score (nSPS) is 13.2. The Morgan fingerprint density at radius 2 is 1.90 bits per heavy atom. The molecule has 0 unspecified atom stereocenters. The van der Waals surface area contributed by atoms with Gasteiger partial charge in [-0.05, 0) is 83.9 Å². The first-order chi connectivity index (χ1) is 14.0. The molecule has 7 nitrogen and oxygen atoms in total. The maximum Gasteiger partial charge on any atom is 0.414 e. The quantitative estimate of drug-likeness (QED) is 0.787. The number of ether oxygens (including phenoxy) is 2. The van der Waals surface area contributed by atoms with E-state index in [0.717, 1.165) is 16.9 Å². The lowest BCUT2D eigenvalue weighted by Gasteiger charge is -2.24. The number of amides is 2. The second-order valence-corrected chi connectivity index (χ2v) is 8.65. The van der Waals surface area contributed by atoms with E-state index in [2.05, 4.69) is 10.3 Å². The number of carbonyl (C=O) groups excluding carboxylic acids is 2. The van der Waals surface area contributed by atoms with Gasteiger partial charge in [0.05, 0.1) is 11.8 Å². The summed E-state index contributed by atoms with van der Waals surface area (Å²) < 4.78 is 11.2. The molecule has 0 aliphatic carbocycles. The van der Waals surface area contributed by atoms with Crippen LogP contribution in [0.2, 0.25) is 0 Å². The van der Waals surface area contributed by atoms with E-state index in [4.69, 9.17) is 9.47 Å². The van der Waals surface area contributed by atoms with Crippen molar-refractivity contribution in [2.45, 2.75) is 59.7 Å². The summed E-state index contributed by atoms with van der Waals surface area (Å²) in [7, 11) is 0. The van der Waals surface area contributed by atoms with Crippen LogP contribution in [0.3, 0.4) is 0 Å². The highest BCUT2D eigenvalue weighted by atomic mass is 16.6. The number of nitrogens with zero attached hydrogens (tertiary/aromatic N) is 2. The first-order valence-corrected chi connectivity index (χ1v) is 10.1. The first kappa shape index (κ1) is 21.6. The molecule has 1 aliphatic rings. The lowest BCUT2D eigenvalue weighted by molar-refractivity contribution is 0.0583. The Morgan fingerprint density at radius 1 is 1.17 bits per heavy atom. The standard InChI is InChI=1S/C23H29N3O4/c1-14(2)29-21-18(9-7-15(3)24-21)20(27)25-17-8-10-19-16(13-17)11-12-26(19)22(28)30-23(4,5)6/h7-10,13-14H,11-12H2,1-6H3,(H,25,27). The zero-order valence-electron chi connectivity index (χ0n) is 18.4. The van der Waals surface area contributed by atoms with Gasteiger partial charge < -0.3 is 14.8 Å². The molecule has 0 fully saturated rings. The third kappa shape index (κ3) is 5.09. The minimum Gasteiger partial charge on any atom is -0.474 e. The van der Waals surface area contributed by atoms with Crippen molar-refractivity contribution < 1.29 is 19.1 Å². The number of anilines is 2. The van der Waals surface area contributed by atoms with Gasteiger partial charge in [0, 0.05) is 17.9 Å². The van der Waals surface area contributed by atoms with Crippen molar-refractivity contribution in [1.82, 2.24) is 4.98 Å². The number of hydrogen-bond donors (Lipinski definition) is 1. The van der Waals surface area contributed by atoms with E-state index in [9.17, 15) is 9.59 Å².